The average Bonchev–Trinajstić information content (AvgIpc) is 2.79. The van der Waals surface area contributed by atoms with Gasteiger partial charge in [-0.1, -0.05) is 12.1 Å². The first-order valence-electron chi connectivity index (χ1n) is 10.0. The Hall–Kier alpha value is -2.09. The maximum Gasteiger partial charge on any atom is 0.327 e. The van der Waals surface area contributed by atoms with Gasteiger partial charge in [-0.05, 0) is 36.1 Å². The number of rotatable bonds is 14. The van der Waals surface area contributed by atoms with E-state index in [0.717, 1.165) is 0 Å². The largest absolute Gasteiger partial charge is 0.508 e. The van der Waals surface area contributed by atoms with E-state index in [1.807, 2.05) is 6.26 Å². The quantitative estimate of drug-likeness (QED) is 0.151. The first-order chi connectivity index (χ1) is 15.6. The number of nitrogens with two attached hydrogens (primary N) is 1. The molecule has 33 heavy (non-hydrogen) atoms. The number of carboxylic acids is 1. The maximum absolute atomic E-state index is 13.0. The molecule has 0 saturated carbocycles. The van der Waals surface area contributed by atoms with Crippen LogP contribution in [0.1, 0.15) is 12.0 Å². The van der Waals surface area contributed by atoms with E-state index in [9.17, 15) is 24.3 Å². The molecule has 7 N–H and O–H groups in total. The van der Waals surface area contributed by atoms with Gasteiger partial charge in [0, 0.05) is 17.9 Å². The Labute approximate surface area is 207 Å². The summed E-state index contributed by atoms with van der Waals surface area (Å²) in [6, 6.07) is 1.83. The number of phenolic OH excluding ortho intramolecular Hbond substituents is 1. The molecular formula is C20H30N4O6S3. The highest BCUT2D eigenvalue weighted by atomic mass is 32.2. The Morgan fingerprint density at radius 3 is 1.97 bits per heavy atom. The number of aliphatic carboxylic acids is 1. The topological polar surface area (TPSA) is 171 Å². The van der Waals surface area contributed by atoms with E-state index < -0.39 is 47.9 Å². The predicted molar refractivity (Wildman–Crippen MR) is 134 cm³/mol. The van der Waals surface area contributed by atoms with E-state index in [2.05, 4.69) is 41.2 Å². The van der Waals surface area contributed by atoms with Crippen LogP contribution < -0.4 is 21.7 Å². The molecular weight excluding hydrogens is 488 g/mol. The van der Waals surface area contributed by atoms with E-state index in [4.69, 9.17) is 10.8 Å². The molecule has 4 atom stereocenters. The van der Waals surface area contributed by atoms with Crippen molar-refractivity contribution < 1.29 is 29.4 Å². The minimum atomic E-state index is -1.26. The van der Waals surface area contributed by atoms with Crippen molar-refractivity contribution in [3.8, 4) is 5.75 Å². The predicted octanol–water partition coefficient (Wildman–Crippen LogP) is -0.586. The van der Waals surface area contributed by atoms with Gasteiger partial charge < -0.3 is 31.9 Å². The summed E-state index contributed by atoms with van der Waals surface area (Å²) in [6.07, 6.45) is 2.38. The summed E-state index contributed by atoms with van der Waals surface area (Å²) >= 11 is 9.50. The molecule has 0 aliphatic carbocycles. The third kappa shape index (κ3) is 10.2. The van der Waals surface area contributed by atoms with Gasteiger partial charge in [-0.15, -0.1) is 0 Å². The van der Waals surface area contributed by atoms with Crippen molar-refractivity contribution in [1.29, 1.82) is 0 Å². The zero-order valence-corrected chi connectivity index (χ0v) is 20.7. The Bertz CT molecular complexity index is 811. The van der Waals surface area contributed by atoms with Crippen LogP contribution in [-0.4, -0.2) is 81.6 Å². The van der Waals surface area contributed by atoms with Crippen LogP contribution in [0, 0.1) is 0 Å². The minimum absolute atomic E-state index is 0.0480. The van der Waals surface area contributed by atoms with Gasteiger partial charge in [0.15, 0.2) is 0 Å². The molecule has 1 aromatic carbocycles. The van der Waals surface area contributed by atoms with Gasteiger partial charge in [-0.3, -0.25) is 14.4 Å². The summed E-state index contributed by atoms with van der Waals surface area (Å²) in [4.78, 5) is 49.1. The molecule has 3 amide bonds. The number of carbonyl (C=O) groups is 4. The molecule has 1 rings (SSSR count). The summed E-state index contributed by atoms with van der Waals surface area (Å²) in [5.74, 6) is -2.72. The van der Waals surface area contributed by atoms with Crippen molar-refractivity contribution in [3.63, 3.8) is 0 Å². The van der Waals surface area contributed by atoms with Gasteiger partial charge in [0.25, 0.3) is 0 Å². The van der Waals surface area contributed by atoms with Crippen LogP contribution >= 0.6 is 37.0 Å². The highest BCUT2D eigenvalue weighted by Crippen LogP contribution is 2.12. The normalized spacial score (nSPS) is 14.4. The Balaban J connectivity index is 2.97. The number of hydrogen-bond acceptors (Lipinski definition) is 9. The lowest BCUT2D eigenvalue weighted by Gasteiger charge is -2.24. The van der Waals surface area contributed by atoms with Gasteiger partial charge in [0.2, 0.25) is 17.7 Å². The maximum atomic E-state index is 13.0. The van der Waals surface area contributed by atoms with Crippen LogP contribution in [-0.2, 0) is 25.6 Å². The zero-order chi connectivity index (χ0) is 25.0. The Morgan fingerprint density at radius 1 is 0.939 bits per heavy atom. The molecule has 0 aliphatic heterocycles. The fourth-order valence-electron chi connectivity index (χ4n) is 2.66. The molecule has 0 bridgehead atoms. The first kappa shape index (κ1) is 28.9. The van der Waals surface area contributed by atoms with Gasteiger partial charge in [-0.2, -0.15) is 37.0 Å². The van der Waals surface area contributed by atoms with Crippen molar-refractivity contribution in [2.45, 2.75) is 37.0 Å². The third-order valence-electron chi connectivity index (χ3n) is 4.59. The van der Waals surface area contributed by atoms with E-state index in [0.29, 0.717) is 17.7 Å². The van der Waals surface area contributed by atoms with Gasteiger partial charge >= 0.3 is 5.97 Å². The molecule has 0 fully saturated rings. The van der Waals surface area contributed by atoms with E-state index in [-0.39, 0.29) is 23.7 Å². The second-order valence-corrected chi connectivity index (χ2v) is 8.86. The molecule has 0 aliphatic rings. The third-order valence-corrected chi connectivity index (χ3v) is 5.97. The number of amides is 3. The van der Waals surface area contributed by atoms with Gasteiger partial charge in [0.1, 0.15) is 23.9 Å². The SMILES string of the molecule is CSCCC(N)C(=O)NC(Cc1ccc(O)cc1)C(=O)NC(CS)C(=O)NC(CS)C(=O)O. The number of nitrogens with one attached hydrogen (secondary N) is 3. The Kier molecular flexibility index (Phi) is 13.1. The number of phenols is 1. The van der Waals surface area contributed by atoms with Crippen LogP contribution in [0.2, 0.25) is 0 Å². The second kappa shape index (κ2) is 14.9. The molecule has 0 spiro atoms. The first-order valence-corrected chi connectivity index (χ1v) is 12.7. The second-order valence-electron chi connectivity index (χ2n) is 7.15. The summed E-state index contributed by atoms with van der Waals surface area (Å²) in [5.41, 5.74) is 6.56. The number of hydrogen-bond donors (Lipinski definition) is 8. The molecule has 0 aromatic heterocycles. The number of benzene rings is 1. The Morgan fingerprint density at radius 2 is 1.45 bits per heavy atom. The molecule has 0 radical (unpaired) electrons. The summed E-state index contributed by atoms with van der Waals surface area (Å²) in [5, 5.41) is 26.0. The molecule has 4 unspecified atom stereocenters. The summed E-state index contributed by atoms with van der Waals surface area (Å²) < 4.78 is 0. The minimum Gasteiger partial charge on any atom is -0.508 e. The zero-order valence-electron chi connectivity index (χ0n) is 18.1. The molecule has 184 valence electrons. The van der Waals surface area contributed by atoms with E-state index >= 15 is 0 Å². The van der Waals surface area contributed by atoms with Crippen molar-refractivity contribution in [1.82, 2.24) is 16.0 Å². The smallest absolute Gasteiger partial charge is 0.327 e. The molecule has 13 heteroatoms. The van der Waals surface area contributed by atoms with Crippen LogP contribution in [0.15, 0.2) is 24.3 Å². The number of carboxylic acid groups (broad SMARTS) is 1. The van der Waals surface area contributed by atoms with Crippen molar-refractivity contribution >= 4 is 60.7 Å². The van der Waals surface area contributed by atoms with Crippen LogP contribution in [0.3, 0.4) is 0 Å². The van der Waals surface area contributed by atoms with Crippen molar-refractivity contribution in [3.05, 3.63) is 29.8 Å². The summed E-state index contributed by atoms with van der Waals surface area (Å²) in [6.45, 7) is 0. The van der Waals surface area contributed by atoms with Crippen LogP contribution in [0.25, 0.3) is 0 Å². The number of thioether (sulfide) groups is 1. The number of thiol groups is 2. The highest BCUT2D eigenvalue weighted by molar-refractivity contribution is 7.98. The number of carbonyl (C=O) groups excluding carboxylic acids is 3. The monoisotopic (exact) mass is 518 g/mol. The lowest BCUT2D eigenvalue weighted by Crippen LogP contribution is -2.58. The van der Waals surface area contributed by atoms with E-state index in [1.165, 1.54) is 23.9 Å². The van der Waals surface area contributed by atoms with Crippen LogP contribution in [0.5, 0.6) is 5.75 Å². The van der Waals surface area contributed by atoms with Gasteiger partial charge in [0.05, 0.1) is 6.04 Å². The number of aromatic hydroxyl groups is 1. The standard InChI is InChI=1S/C20H30N4O6S3/c1-33-7-6-13(21)17(26)22-14(8-11-2-4-12(25)5-3-11)18(27)23-15(9-31)19(28)24-16(10-32)20(29)30/h2-5,13-16,25,31-32H,6-10,21H2,1H3,(H,22,26)(H,23,27)(H,24,28)(H,29,30). The molecule has 0 heterocycles. The molecule has 0 saturated heterocycles. The molecule has 10 nitrogen and oxygen atoms in total. The van der Waals surface area contributed by atoms with Gasteiger partial charge in [-0.25, -0.2) is 4.79 Å². The highest BCUT2D eigenvalue weighted by Gasteiger charge is 2.29. The van der Waals surface area contributed by atoms with Crippen molar-refractivity contribution in [2.75, 3.05) is 23.5 Å². The summed E-state index contributed by atoms with van der Waals surface area (Å²) in [7, 11) is 0. The van der Waals surface area contributed by atoms with Crippen molar-refractivity contribution in [2.24, 2.45) is 5.73 Å². The lowest BCUT2D eigenvalue weighted by molar-refractivity contribution is -0.141. The lowest BCUT2D eigenvalue weighted by atomic mass is 10.0. The molecule has 1 aromatic rings. The van der Waals surface area contributed by atoms with Crippen LogP contribution in [0.4, 0.5) is 0 Å². The van der Waals surface area contributed by atoms with E-state index in [1.54, 1.807) is 12.1 Å². The fraction of sp³-hybridized carbons (Fsp3) is 0.500. The fourth-order valence-corrected chi connectivity index (χ4v) is 3.65. The average molecular weight is 519 g/mol.